The lowest BCUT2D eigenvalue weighted by atomic mass is 9.98. The summed E-state index contributed by atoms with van der Waals surface area (Å²) >= 11 is 0. The molecule has 2 rings (SSSR count). The molecule has 1 heterocycles. The Morgan fingerprint density at radius 2 is 1.96 bits per heavy atom. The highest BCUT2D eigenvalue weighted by Crippen LogP contribution is 2.17. The number of nitrogens with zero attached hydrogens (tertiary/aromatic N) is 3. The topological polar surface area (TPSA) is 114 Å². The number of carbonyl (C=O) groups excluding carboxylic acids is 1. The molecule has 0 bridgehead atoms. The van der Waals surface area contributed by atoms with Gasteiger partial charge in [-0.1, -0.05) is 18.2 Å². The van der Waals surface area contributed by atoms with E-state index in [0.29, 0.717) is 18.4 Å². The first-order chi connectivity index (χ1) is 11.1. The van der Waals surface area contributed by atoms with Crippen molar-refractivity contribution < 1.29 is 29.2 Å². The molecule has 0 spiro atoms. The van der Waals surface area contributed by atoms with Gasteiger partial charge < -0.3 is 19.9 Å². The van der Waals surface area contributed by atoms with E-state index >= 15 is 0 Å². The summed E-state index contributed by atoms with van der Waals surface area (Å²) in [4.78, 5) is 27.3. The van der Waals surface area contributed by atoms with Gasteiger partial charge in [-0.25, -0.2) is 4.79 Å². The average molecular weight is 323 g/mol. The lowest BCUT2D eigenvalue weighted by Gasteiger charge is -2.25. The van der Waals surface area contributed by atoms with Crippen LogP contribution in [0, 0.1) is 11.1 Å². The van der Waals surface area contributed by atoms with Crippen LogP contribution in [-0.2, 0) is 14.4 Å². The predicted octanol–water partition coefficient (Wildman–Crippen LogP) is 1.41. The van der Waals surface area contributed by atoms with Gasteiger partial charge in [-0.3, -0.25) is 4.79 Å². The van der Waals surface area contributed by atoms with E-state index in [-0.39, 0.29) is 18.1 Å². The highest BCUT2D eigenvalue weighted by atomic mass is 16.8. The van der Waals surface area contributed by atoms with E-state index in [4.69, 9.17) is 9.84 Å². The molecular formula is C14H17N3O6. The largest absolute Gasteiger partial charge is 0.569 e. The minimum atomic E-state index is -0.858. The maximum absolute atomic E-state index is 11.7. The average Bonchev–Trinajstić information content (AvgIpc) is 2.59. The van der Waals surface area contributed by atoms with Crippen molar-refractivity contribution in [1.82, 2.24) is 5.01 Å². The van der Waals surface area contributed by atoms with Gasteiger partial charge in [-0.05, 0) is 25.0 Å². The second kappa shape index (κ2) is 7.97. The summed E-state index contributed by atoms with van der Waals surface area (Å²) < 4.78 is 4.80. The number of benzene rings is 1. The van der Waals surface area contributed by atoms with Crippen LogP contribution >= 0.6 is 0 Å². The van der Waals surface area contributed by atoms with Crippen LogP contribution in [0.2, 0.25) is 0 Å². The summed E-state index contributed by atoms with van der Waals surface area (Å²) in [5.74, 6) is -1.88. The Kier molecular flexibility index (Phi) is 5.73. The van der Waals surface area contributed by atoms with Crippen molar-refractivity contribution in [2.24, 2.45) is 11.2 Å². The molecule has 0 aromatic heterocycles. The van der Waals surface area contributed by atoms with Gasteiger partial charge >= 0.3 is 11.9 Å². The highest BCUT2D eigenvalue weighted by molar-refractivity contribution is 5.89. The molecule has 9 nitrogen and oxygen atoms in total. The first-order valence-corrected chi connectivity index (χ1v) is 7.08. The number of hydrogen-bond donors (Lipinski definition) is 1. The van der Waals surface area contributed by atoms with Gasteiger partial charge in [0.25, 0.3) is 6.79 Å². The van der Waals surface area contributed by atoms with Crippen molar-refractivity contribution in [3.63, 3.8) is 0 Å². The number of piperidine rings is 1. The Labute approximate surface area is 132 Å². The maximum atomic E-state index is 11.7. The minimum Gasteiger partial charge on any atom is -0.569 e. The van der Waals surface area contributed by atoms with E-state index in [1.165, 1.54) is 5.01 Å². The SMILES string of the molecule is O=C(OCON=[N+]([O-])N1CCC(C(=O)O)CC1)c1ccccc1. The monoisotopic (exact) mass is 323 g/mol. The molecule has 1 aromatic carbocycles. The van der Waals surface area contributed by atoms with Crippen LogP contribution in [0.15, 0.2) is 35.6 Å². The zero-order valence-electron chi connectivity index (χ0n) is 12.3. The molecule has 0 saturated carbocycles. The van der Waals surface area contributed by atoms with Crippen molar-refractivity contribution >= 4 is 11.9 Å². The van der Waals surface area contributed by atoms with Crippen LogP contribution < -0.4 is 0 Å². The number of hydrogen-bond acceptors (Lipinski definition) is 6. The molecule has 0 atom stereocenters. The lowest BCUT2D eigenvalue weighted by molar-refractivity contribution is -0.713. The first-order valence-electron chi connectivity index (χ1n) is 7.08. The summed E-state index contributed by atoms with van der Waals surface area (Å²) in [5, 5.41) is 25.1. The number of aliphatic carboxylic acids is 1. The normalized spacial score (nSPS) is 16.0. The fourth-order valence-corrected chi connectivity index (χ4v) is 2.15. The molecule has 0 radical (unpaired) electrons. The van der Waals surface area contributed by atoms with Gasteiger partial charge in [0.15, 0.2) is 0 Å². The zero-order chi connectivity index (χ0) is 16.7. The van der Waals surface area contributed by atoms with Gasteiger partial charge in [0.2, 0.25) is 5.28 Å². The van der Waals surface area contributed by atoms with E-state index in [0.717, 1.165) is 0 Å². The lowest BCUT2D eigenvalue weighted by Crippen LogP contribution is -2.40. The third-order valence-electron chi connectivity index (χ3n) is 3.44. The number of carboxylic acid groups (broad SMARTS) is 1. The van der Waals surface area contributed by atoms with E-state index in [2.05, 4.69) is 10.1 Å². The summed E-state index contributed by atoms with van der Waals surface area (Å²) in [6, 6.07) is 8.34. The smallest absolute Gasteiger partial charge is 0.341 e. The Bertz CT molecular complexity index is 569. The second-order valence-corrected chi connectivity index (χ2v) is 4.95. The first kappa shape index (κ1) is 16.5. The quantitative estimate of drug-likeness (QED) is 0.210. The summed E-state index contributed by atoms with van der Waals surface area (Å²) in [5.41, 5.74) is 0.367. The Balaban J connectivity index is 1.71. The van der Waals surface area contributed by atoms with Crippen molar-refractivity contribution in [3.8, 4) is 0 Å². The Morgan fingerprint density at radius 1 is 1.30 bits per heavy atom. The molecule has 23 heavy (non-hydrogen) atoms. The number of esters is 1. The molecule has 1 aliphatic rings. The van der Waals surface area contributed by atoms with Crippen LogP contribution in [0.1, 0.15) is 23.2 Å². The fraction of sp³-hybridized carbons (Fsp3) is 0.429. The van der Waals surface area contributed by atoms with Crippen LogP contribution in [0.4, 0.5) is 0 Å². The summed E-state index contributed by atoms with van der Waals surface area (Å²) in [7, 11) is 0. The second-order valence-electron chi connectivity index (χ2n) is 4.95. The third-order valence-corrected chi connectivity index (χ3v) is 3.44. The predicted molar refractivity (Wildman–Crippen MR) is 75.8 cm³/mol. The van der Waals surface area contributed by atoms with E-state index < -0.39 is 24.6 Å². The molecule has 0 amide bonds. The number of hydrazine groups is 1. The van der Waals surface area contributed by atoms with Crippen molar-refractivity contribution in [2.45, 2.75) is 12.8 Å². The molecule has 9 heteroatoms. The van der Waals surface area contributed by atoms with Gasteiger partial charge in [0, 0.05) is 0 Å². The third kappa shape index (κ3) is 4.83. The Morgan fingerprint density at radius 3 is 2.57 bits per heavy atom. The number of rotatable bonds is 6. The Hall–Kier alpha value is -2.84. The number of carboxylic acids is 1. The molecule has 1 saturated heterocycles. The number of ether oxygens (including phenoxy) is 1. The van der Waals surface area contributed by atoms with Crippen molar-refractivity contribution in [3.05, 3.63) is 41.1 Å². The zero-order valence-corrected chi connectivity index (χ0v) is 12.3. The molecule has 1 N–H and O–H groups in total. The molecule has 124 valence electrons. The van der Waals surface area contributed by atoms with E-state index in [9.17, 15) is 14.8 Å². The van der Waals surface area contributed by atoms with Gasteiger partial charge in [-0.2, -0.15) is 0 Å². The minimum absolute atomic E-state index is 0.244. The number of carbonyl (C=O) groups is 2. The molecule has 0 aliphatic carbocycles. The molecule has 1 aliphatic heterocycles. The standard InChI is InChI=1S/C14H17N3O6/c18-13(19)11-6-8-16(9-7-11)17(21)15-23-10-22-14(20)12-4-2-1-3-5-12/h1-5,11H,6-10H2,(H,18,19). The molecule has 1 aromatic rings. The summed E-state index contributed by atoms with van der Waals surface area (Å²) in [6.07, 6.45) is 0.735. The molecule has 1 fully saturated rings. The van der Waals surface area contributed by atoms with Gasteiger partial charge in [-0.15, -0.1) is 5.01 Å². The molecular weight excluding hydrogens is 306 g/mol. The van der Waals surface area contributed by atoms with E-state index in [1.807, 2.05) is 0 Å². The van der Waals surface area contributed by atoms with Gasteiger partial charge in [0.1, 0.15) is 0 Å². The highest BCUT2D eigenvalue weighted by Gasteiger charge is 2.28. The van der Waals surface area contributed by atoms with Crippen LogP contribution in [0.25, 0.3) is 0 Å². The fourth-order valence-electron chi connectivity index (χ4n) is 2.15. The maximum Gasteiger partial charge on any atom is 0.341 e. The summed E-state index contributed by atoms with van der Waals surface area (Å²) in [6.45, 7) is 0.0618. The van der Waals surface area contributed by atoms with E-state index in [1.54, 1.807) is 30.3 Å². The van der Waals surface area contributed by atoms with Crippen molar-refractivity contribution in [1.29, 1.82) is 0 Å². The van der Waals surface area contributed by atoms with Crippen LogP contribution in [-0.4, -0.2) is 46.9 Å². The van der Waals surface area contributed by atoms with Gasteiger partial charge in [0.05, 0.1) is 29.5 Å². The van der Waals surface area contributed by atoms with Crippen LogP contribution in [0.3, 0.4) is 0 Å². The van der Waals surface area contributed by atoms with Crippen molar-refractivity contribution in [2.75, 3.05) is 19.9 Å². The molecule has 0 unspecified atom stereocenters. The van der Waals surface area contributed by atoms with Crippen LogP contribution in [0.5, 0.6) is 0 Å².